The molecule has 0 saturated heterocycles. The number of rotatable bonds is 29. The maximum atomic E-state index is 12.3. The molecule has 0 rings (SSSR count). The van der Waals surface area contributed by atoms with Crippen molar-refractivity contribution in [2.24, 2.45) is 0 Å². The Hall–Kier alpha value is -1.47. The van der Waals surface area contributed by atoms with E-state index in [2.05, 4.69) is 42.7 Å². The summed E-state index contributed by atoms with van der Waals surface area (Å²) < 4.78 is 26.1. The Bertz CT molecular complexity index is 731. The molecular weight excluding hydrogens is 543 g/mol. The molecule has 0 unspecified atom stereocenters. The molecule has 0 saturated carbocycles. The maximum Gasteiger partial charge on any atom is 0.469 e. The van der Waals surface area contributed by atoms with Crippen LogP contribution in [-0.4, -0.2) is 41.0 Å². The van der Waals surface area contributed by atoms with Crippen molar-refractivity contribution in [1.29, 1.82) is 0 Å². The lowest BCUT2D eigenvalue weighted by Crippen LogP contribution is -2.29. The van der Waals surface area contributed by atoms with Gasteiger partial charge in [-0.1, -0.05) is 102 Å². The van der Waals surface area contributed by atoms with Crippen molar-refractivity contribution in [2.75, 3.05) is 13.2 Å². The van der Waals surface area contributed by atoms with Crippen LogP contribution in [0.4, 0.5) is 0 Å². The van der Waals surface area contributed by atoms with Crippen molar-refractivity contribution in [2.45, 2.75) is 155 Å². The summed E-state index contributed by atoms with van der Waals surface area (Å²) in [5.41, 5.74) is 0. The van der Waals surface area contributed by atoms with E-state index in [1.165, 1.54) is 38.5 Å². The molecule has 0 aromatic rings. The molecule has 0 spiro atoms. The number of ether oxygens (including phenoxy) is 2. The molecule has 0 radical (unpaired) electrons. The van der Waals surface area contributed by atoms with Gasteiger partial charge in [0.15, 0.2) is 6.10 Å². The van der Waals surface area contributed by atoms with Crippen molar-refractivity contribution >= 4 is 19.8 Å². The smallest absolute Gasteiger partial charge is 0.462 e. The first-order valence-electron chi connectivity index (χ1n) is 16.1. The minimum Gasteiger partial charge on any atom is -0.462 e. The highest BCUT2D eigenvalue weighted by molar-refractivity contribution is 7.46. The highest BCUT2D eigenvalue weighted by atomic mass is 31.2. The van der Waals surface area contributed by atoms with Crippen LogP contribution in [0.2, 0.25) is 0 Å². The van der Waals surface area contributed by atoms with Crippen LogP contribution >= 0.6 is 7.82 Å². The third-order valence-corrected chi connectivity index (χ3v) is 7.19. The molecule has 0 aromatic heterocycles. The molecule has 0 fully saturated rings. The fourth-order valence-electron chi connectivity index (χ4n) is 4.31. The van der Waals surface area contributed by atoms with Crippen molar-refractivity contribution in [1.82, 2.24) is 0 Å². The first-order chi connectivity index (χ1) is 19.8. The van der Waals surface area contributed by atoms with E-state index in [1.54, 1.807) is 0 Å². The summed E-state index contributed by atoms with van der Waals surface area (Å²) in [5, 5.41) is 0. The molecule has 0 aromatic carbocycles. The minimum absolute atomic E-state index is 0.201. The fourth-order valence-corrected chi connectivity index (χ4v) is 4.67. The molecule has 0 aliphatic rings. The third-order valence-electron chi connectivity index (χ3n) is 6.70. The number of allylic oxidation sites excluding steroid dienone is 4. The number of hydrogen-bond donors (Lipinski definition) is 2. The summed E-state index contributed by atoms with van der Waals surface area (Å²) in [4.78, 5) is 42.4. The first kappa shape index (κ1) is 39.5. The lowest BCUT2D eigenvalue weighted by Gasteiger charge is -2.18. The van der Waals surface area contributed by atoms with Gasteiger partial charge in [-0.25, -0.2) is 4.57 Å². The summed E-state index contributed by atoms with van der Waals surface area (Å²) in [7, 11) is -4.74. The van der Waals surface area contributed by atoms with Crippen LogP contribution < -0.4 is 0 Å². The van der Waals surface area contributed by atoms with Gasteiger partial charge in [0.05, 0.1) is 6.61 Å². The quantitative estimate of drug-likeness (QED) is 0.0377. The van der Waals surface area contributed by atoms with E-state index in [-0.39, 0.29) is 19.4 Å². The van der Waals surface area contributed by atoms with Crippen molar-refractivity contribution in [3.8, 4) is 0 Å². The fraction of sp³-hybridized carbons (Fsp3) is 0.812. The summed E-state index contributed by atoms with van der Waals surface area (Å²) in [5.74, 6) is -0.911. The SMILES string of the molecule is CC/C=C/CCCCCCCC(=O)OC[C@H](COP(=O)(O)O)OC(=O)CCCCCCC/C=C/CCCCCCC. The lowest BCUT2D eigenvalue weighted by atomic mass is 10.1. The van der Waals surface area contributed by atoms with Crippen LogP contribution in [0.15, 0.2) is 24.3 Å². The zero-order valence-corrected chi connectivity index (χ0v) is 26.8. The molecule has 1 atom stereocenters. The molecule has 0 aliphatic heterocycles. The van der Waals surface area contributed by atoms with Gasteiger partial charge in [0.1, 0.15) is 6.61 Å². The van der Waals surface area contributed by atoms with E-state index in [9.17, 15) is 14.2 Å². The summed E-state index contributed by atoms with van der Waals surface area (Å²) in [6, 6.07) is 0. The van der Waals surface area contributed by atoms with Crippen LogP contribution in [0.5, 0.6) is 0 Å². The maximum absolute atomic E-state index is 12.3. The number of carbonyl (C=O) groups is 2. The van der Waals surface area contributed by atoms with Crippen LogP contribution in [0.1, 0.15) is 149 Å². The average molecular weight is 603 g/mol. The molecule has 0 aliphatic carbocycles. The second-order valence-corrected chi connectivity index (χ2v) is 12.0. The molecule has 9 heteroatoms. The third kappa shape index (κ3) is 31.3. The van der Waals surface area contributed by atoms with Gasteiger partial charge in [-0.3, -0.25) is 14.1 Å². The highest BCUT2D eigenvalue weighted by Crippen LogP contribution is 2.35. The van der Waals surface area contributed by atoms with Gasteiger partial charge < -0.3 is 19.3 Å². The molecule has 2 N–H and O–H groups in total. The summed E-state index contributed by atoms with van der Waals surface area (Å²) in [6.07, 6.45) is 29.1. The second kappa shape index (κ2) is 28.6. The van der Waals surface area contributed by atoms with E-state index in [0.717, 1.165) is 70.6 Å². The van der Waals surface area contributed by atoms with Gasteiger partial charge in [-0.05, 0) is 57.8 Å². The molecule has 8 nitrogen and oxygen atoms in total. The van der Waals surface area contributed by atoms with Crippen molar-refractivity contribution in [3.63, 3.8) is 0 Å². The zero-order chi connectivity index (χ0) is 30.4. The predicted molar refractivity (Wildman–Crippen MR) is 165 cm³/mol. The average Bonchev–Trinajstić information content (AvgIpc) is 2.93. The topological polar surface area (TPSA) is 119 Å². The Morgan fingerprint density at radius 2 is 1.10 bits per heavy atom. The number of carbonyl (C=O) groups excluding carboxylic acids is 2. The van der Waals surface area contributed by atoms with E-state index in [1.807, 2.05) is 0 Å². The Balaban J connectivity index is 4.04. The Morgan fingerprint density at radius 1 is 0.634 bits per heavy atom. The number of phosphoric ester groups is 1. The van der Waals surface area contributed by atoms with Gasteiger partial charge >= 0.3 is 19.8 Å². The number of unbranched alkanes of at least 4 members (excludes halogenated alkanes) is 15. The lowest BCUT2D eigenvalue weighted by molar-refractivity contribution is -0.161. The molecule has 41 heavy (non-hydrogen) atoms. The van der Waals surface area contributed by atoms with Gasteiger partial charge in [-0.2, -0.15) is 0 Å². The van der Waals surface area contributed by atoms with Gasteiger partial charge in [-0.15, -0.1) is 0 Å². The van der Waals surface area contributed by atoms with E-state index in [0.29, 0.717) is 12.8 Å². The molecule has 0 heterocycles. The summed E-state index contributed by atoms with van der Waals surface area (Å²) in [6.45, 7) is 3.52. The Labute approximate surface area is 249 Å². The predicted octanol–water partition coefficient (Wildman–Crippen LogP) is 8.90. The second-order valence-electron chi connectivity index (χ2n) is 10.7. The normalized spacial score (nSPS) is 12.8. The minimum atomic E-state index is -4.74. The summed E-state index contributed by atoms with van der Waals surface area (Å²) >= 11 is 0. The molecule has 0 bridgehead atoms. The van der Waals surface area contributed by atoms with Crippen LogP contribution in [0.3, 0.4) is 0 Å². The standard InChI is InChI=1S/C32H59O8P/c1-3-5-7-9-11-13-14-15-16-17-19-21-23-25-27-32(34)40-30(29-39-41(35,36)37)28-38-31(33)26-24-22-20-18-12-10-8-6-4-2/h6,8,14-15,30H,3-5,7,9-13,16-29H2,1-2H3,(H2,35,36,37)/b8-6+,15-14+/t30-/m1/s1. The number of esters is 2. The van der Waals surface area contributed by atoms with Crippen LogP contribution in [0, 0.1) is 0 Å². The van der Waals surface area contributed by atoms with Crippen LogP contribution in [-0.2, 0) is 28.2 Å². The first-order valence-corrected chi connectivity index (χ1v) is 17.7. The van der Waals surface area contributed by atoms with Crippen molar-refractivity contribution in [3.05, 3.63) is 24.3 Å². The largest absolute Gasteiger partial charge is 0.469 e. The van der Waals surface area contributed by atoms with Gasteiger partial charge in [0.25, 0.3) is 0 Å². The van der Waals surface area contributed by atoms with Gasteiger partial charge in [0.2, 0.25) is 0 Å². The Kier molecular flexibility index (Phi) is 27.6. The van der Waals surface area contributed by atoms with Crippen molar-refractivity contribution < 1.29 is 37.9 Å². The van der Waals surface area contributed by atoms with E-state index >= 15 is 0 Å². The van der Waals surface area contributed by atoms with E-state index < -0.39 is 32.5 Å². The van der Waals surface area contributed by atoms with Crippen LogP contribution in [0.25, 0.3) is 0 Å². The number of phosphoric acid groups is 1. The highest BCUT2D eigenvalue weighted by Gasteiger charge is 2.22. The number of hydrogen-bond acceptors (Lipinski definition) is 6. The molecular formula is C32H59O8P. The Morgan fingerprint density at radius 3 is 1.61 bits per heavy atom. The zero-order valence-electron chi connectivity index (χ0n) is 25.9. The van der Waals surface area contributed by atoms with Gasteiger partial charge in [0, 0.05) is 12.8 Å². The molecule has 0 amide bonds. The molecule has 240 valence electrons. The van der Waals surface area contributed by atoms with E-state index in [4.69, 9.17) is 19.3 Å². The monoisotopic (exact) mass is 602 g/mol.